The number of methoxy groups -OCH3 is 2. The van der Waals surface area contributed by atoms with E-state index in [1.807, 2.05) is 26.0 Å². The minimum Gasteiger partial charge on any atom is -0.497 e. The van der Waals surface area contributed by atoms with Gasteiger partial charge >= 0.3 is 5.97 Å². The third kappa shape index (κ3) is 5.23. The maximum absolute atomic E-state index is 13.5. The molecule has 1 aliphatic heterocycles. The number of rotatable bonds is 9. The maximum Gasteiger partial charge on any atom is 0.316 e. The van der Waals surface area contributed by atoms with Crippen LogP contribution in [0, 0.1) is 11.7 Å². The minimum atomic E-state index is -0.773. The van der Waals surface area contributed by atoms with Crippen molar-refractivity contribution >= 4 is 11.7 Å². The largest absolute Gasteiger partial charge is 0.497 e. The van der Waals surface area contributed by atoms with E-state index < -0.39 is 5.41 Å². The lowest BCUT2D eigenvalue weighted by molar-refractivity contribution is -0.150. The van der Waals surface area contributed by atoms with Crippen molar-refractivity contribution in [3.8, 4) is 5.75 Å². The monoisotopic (exact) mass is 442 g/mol. The Labute approximate surface area is 191 Å². The summed E-state index contributed by atoms with van der Waals surface area (Å²) in [7, 11) is 3.12. The van der Waals surface area contributed by atoms with Crippen LogP contribution in [0.3, 0.4) is 0 Å². The molecule has 1 aliphatic rings. The predicted octanol–water partition coefficient (Wildman–Crippen LogP) is 4.50. The Balaban J connectivity index is 1.61. The molecular formula is C26H35FN2O3. The van der Waals surface area contributed by atoms with Crippen LogP contribution in [0.4, 0.5) is 10.1 Å². The maximum atomic E-state index is 13.5. The van der Waals surface area contributed by atoms with Crippen LogP contribution < -0.4 is 9.64 Å². The summed E-state index contributed by atoms with van der Waals surface area (Å²) in [5.41, 5.74) is 1.23. The van der Waals surface area contributed by atoms with Crippen LogP contribution in [-0.4, -0.2) is 57.8 Å². The van der Waals surface area contributed by atoms with Crippen molar-refractivity contribution in [2.45, 2.75) is 32.1 Å². The van der Waals surface area contributed by atoms with E-state index in [4.69, 9.17) is 9.47 Å². The molecule has 1 saturated heterocycles. The number of anilines is 1. The van der Waals surface area contributed by atoms with Gasteiger partial charge in [0.2, 0.25) is 0 Å². The predicted molar refractivity (Wildman–Crippen MR) is 126 cm³/mol. The van der Waals surface area contributed by atoms with Crippen LogP contribution in [0.1, 0.15) is 32.3 Å². The first-order valence-corrected chi connectivity index (χ1v) is 11.4. The first-order valence-electron chi connectivity index (χ1n) is 11.4. The SMILES string of the molecule is COC(=O)C(CCCN1CCN(c2cccc(OC)c2)CC1)(c1ccc(F)cc1)C(C)C. The zero-order valence-corrected chi connectivity index (χ0v) is 19.6. The number of ether oxygens (including phenoxy) is 2. The number of carbonyl (C=O) groups excluding carboxylic acids is 1. The summed E-state index contributed by atoms with van der Waals surface area (Å²) in [6.07, 6.45) is 1.53. The van der Waals surface area contributed by atoms with Crippen LogP contribution in [0.2, 0.25) is 0 Å². The fourth-order valence-corrected chi connectivity index (χ4v) is 4.77. The van der Waals surface area contributed by atoms with Crippen molar-refractivity contribution in [1.29, 1.82) is 0 Å². The van der Waals surface area contributed by atoms with Gasteiger partial charge in [-0.3, -0.25) is 9.69 Å². The van der Waals surface area contributed by atoms with Crippen LogP contribution in [0.5, 0.6) is 5.75 Å². The highest BCUT2D eigenvalue weighted by molar-refractivity contribution is 5.83. The molecule has 5 nitrogen and oxygen atoms in total. The van der Waals surface area contributed by atoms with Crippen LogP contribution in [0.25, 0.3) is 0 Å². The van der Waals surface area contributed by atoms with Crippen molar-refractivity contribution in [2.75, 3.05) is 51.8 Å². The first-order chi connectivity index (χ1) is 15.4. The Bertz CT molecular complexity index is 879. The number of piperazine rings is 1. The number of carbonyl (C=O) groups is 1. The molecule has 2 aromatic rings. The summed E-state index contributed by atoms with van der Waals surface area (Å²) in [6.45, 7) is 8.84. The summed E-state index contributed by atoms with van der Waals surface area (Å²) in [4.78, 5) is 17.8. The molecule has 0 bridgehead atoms. The molecule has 3 rings (SSSR count). The fraction of sp³-hybridized carbons (Fsp3) is 0.500. The highest BCUT2D eigenvalue weighted by atomic mass is 19.1. The molecule has 0 N–H and O–H groups in total. The molecule has 1 unspecified atom stereocenters. The lowest BCUT2D eigenvalue weighted by Crippen LogP contribution is -2.47. The molecule has 2 aromatic carbocycles. The van der Waals surface area contributed by atoms with E-state index >= 15 is 0 Å². The summed E-state index contributed by atoms with van der Waals surface area (Å²) >= 11 is 0. The zero-order valence-electron chi connectivity index (χ0n) is 19.6. The molecule has 0 amide bonds. The summed E-state index contributed by atoms with van der Waals surface area (Å²) in [5.74, 6) is 0.357. The van der Waals surface area contributed by atoms with Crippen molar-refractivity contribution < 1.29 is 18.7 Å². The van der Waals surface area contributed by atoms with Gasteiger partial charge in [-0.1, -0.05) is 32.0 Å². The number of hydrogen-bond acceptors (Lipinski definition) is 5. The van der Waals surface area contributed by atoms with Crippen molar-refractivity contribution in [1.82, 2.24) is 4.90 Å². The topological polar surface area (TPSA) is 42.0 Å². The third-order valence-electron chi connectivity index (χ3n) is 6.73. The second-order valence-electron chi connectivity index (χ2n) is 8.76. The Morgan fingerprint density at radius 2 is 1.75 bits per heavy atom. The molecule has 0 saturated carbocycles. The molecule has 1 heterocycles. The Morgan fingerprint density at radius 1 is 1.06 bits per heavy atom. The van der Waals surface area contributed by atoms with E-state index in [1.54, 1.807) is 19.2 Å². The Morgan fingerprint density at radius 3 is 2.34 bits per heavy atom. The highest BCUT2D eigenvalue weighted by Crippen LogP contribution is 2.38. The van der Waals surface area contributed by atoms with Gasteiger partial charge in [0.15, 0.2) is 0 Å². The van der Waals surface area contributed by atoms with E-state index in [0.29, 0.717) is 6.42 Å². The number of hydrogen-bond donors (Lipinski definition) is 0. The lowest BCUT2D eigenvalue weighted by Gasteiger charge is -2.38. The van der Waals surface area contributed by atoms with Gasteiger partial charge < -0.3 is 14.4 Å². The number of esters is 1. The normalized spacial score (nSPS) is 16.6. The molecule has 1 fully saturated rings. The molecule has 0 radical (unpaired) electrons. The quantitative estimate of drug-likeness (QED) is 0.535. The number of halogens is 1. The average molecular weight is 443 g/mol. The summed E-state index contributed by atoms with van der Waals surface area (Å²) in [5, 5.41) is 0. The van der Waals surface area contributed by atoms with Crippen LogP contribution in [0.15, 0.2) is 48.5 Å². The molecular weight excluding hydrogens is 407 g/mol. The lowest BCUT2D eigenvalue weighted by atomic mass is 9.68. The van der Waals surface area contributed by atoms with Crippen molar-refractivity contribution in [2.24, 2.45) is 5.92 Å². The van der Waals surface area contributed by atoms with E-state index in [9.17, 15) is 9.18 Å². The summed E-state index contributed by atoms with van der Waals surface area (Å²) in [6, 6.07) is 14.5. The standard InChI is InChI=1S/C26H35FN2O3/c1-20(2)26(25(30)32-4,21-9-11-22(27)12-10-21)13-6-14-28-15-17-29(18-16-28)23-7-5-8-24(19-23)31-3/h5,7-12,19-20H,6,13-18H2,1-4H3. The smallest absolute Gasteiger partial charge is 0.316 e. The fourth-order valence-electron chi connectivity index (χ4n) is 4.77. The molecule has 1 atom stereocenters. The van der Waals surface area contributed by atoms with Gasteiger partial charge in [-0.25, -0.2) is 4.39 Å². The Kier molecular flexibility index (Phi) is 8.13. The zero-order chi connectivity index (χ0) is 23.1. The number of nitrogens with zero attached hydrogens (tertiary/aromatic N) is 2. The first kappa shape index (κ1) is 24.1. The third-order valence-corrected chi connectivity index (χ3v) is 6.73. The Hall–Kier alpha value is -2.60. The van der Waals surface area contributed by atoms with E-state index in [2.05, 4.69) is 21.9 Å². The highest BCUT2D eigenvalue weighted by Gasteiger charge is 2.44. The van der Waals surface area contributed by atoms with Crippen molar-refractivity contribution in [3.63, 3.8) is 0 Å². The van der Waals surface area contributed by atoms with Crippen molar-refractivity contribution in [3.05, 3.63) is 59.9 Å². The molecule has 174 valence electrons. The summed E-state index contributed by atoms with van der Waals surface area (Å²) < 4.78 is 24.1. The van der Waals surface area contributed by atoms with Crippen LogP contribution in [-0.2, 0) is 14.9 Å². The molecule has 32 heavy (non-hydrogen) atoms. The van der Waals surface area contributed by atoms with Gasteiger partial charge in [-0.15, -0.1) is 0 Å². The second kappa shape index (κ2) is 10.8. The number of benzene rings is 2. The molecule has 0 aromatic heterocycles. The average Bonchev–Trinajstić information content (AvgIpc) is 2.82. The van der Waals surface area contributed by atoms with Crippen LogP contribution >= 0.6 is 0 Å². The second-order valence-corrected chi connectivity index (χ2v) is 8.76. The van der Waals surface area contributed by atoms with E-state index in [0.717, 1.165) is 50.5 Å². The molecule has 0 aliphatic carbocycles. The molecule has 0 spiro atoms. The van der Waals surface area contributed by atoms with Gasteiger partial charge in [-0.05, 0) is 55.1 Å². The van der Waals surface area contributed by atoms with Gasteiger partial charge in [0.05, 0.1) is 19.6 Å². The van der Waals surface area contributed by atoms with Gasteiger partial charge in [-0.2, -0.15) is 0 Å². The van der Waals surface area contributed by atoms with E-state index in [-0.39, 0.29) is 17.7 Å². The minimum absolute atomic E-state index is 0.0327. The van der Waals surface area contributed by atoms with Gasteiger partial charge in [0.25, 0.3) is 0 Å². The van der Waals surface area contributed by atoms with E-state index in [1.165, 1.54) is 24.9 Å². The van der Waals surface area contributed by atoms with Gasteiger partial charge in [0, 0.05) is 37.9 Å². The molecule has 6 heteroatoms. The van der Waals surface area contributed by atoms with Gasteiger partial charge in [0.1, 0.15) is 11.6 Å².